The molecule has 43 heavy (non-hydrogen) atoms. The Bertz CT molecular complexity index is 1640. The summed E-state index contributed by atoms with van der Waals surface area (Å²) in [5.74, 6) is 1.49. The van der Waals surface area contributed by atoms with Gasteiger partial charge in [-0.3, -0.25) is 9.63 Å². The van der Waals surface area contributed by atoms with Crippen molar-refractivity contribution in [3.63, 3.8) is 0 Å². The van der Waals surface area contributed by atoms with Gasteiger partial charge in [-0.05, 0) is 48.4 Å². The number of anilines is 5. The molecule has 4 aromatic rings. The van der Waals surface area contributed by atoms with E-state index in [1.165, 1.54) is 23.2 Å². The number of morpholine rings is 1. The lowest BCUT2D eigenvalue weighted by Gasteiger charge is -2.38. The highest BCUT2D eigenvalue weighted by Crippen LogP contribution is 2.40. The zero-order chi connectivity index (χ0) is 29.9. The molecule has 3 heterocycles. The molecule has 0 bridgehead atoms. The summed E-state index contributed by atoms with van der Waals surface area (Å²) < 4.78 is 11.7. The molecule has 10 heteroatoms. The zero-order valence-corrected chi connectivity index (χ0v) is 24.6. The van der Waals surface area contributed by atoms with Crippen molar-refractivity contribution in [2.24, 2.45) is 0 Å². The van der Waals surface area contributed by atoms with Crippen LogP contribution in [-0.2, 0) is 14.4 Å². The van der Waals surface area contributed by atoms with Crippen LogP contribution in [0.5, 0.6) is 5.75 Å². The van der Waals surface area contributed by atoms with Crippen molar-refractivity contribution in [3.8, 4) is 5.75 Å². The minimum atomic E-state index is -0.304. The van der Waals surface area contributed by atoms with Crippen molar-refractivity contribution in [3.05, 3.63) is 85.2 Å². The van der Waals surface area contributed by atoms with Crippen LogP contribution in [0.15, 0.2) is 79.6 Å². The maximum absolute atomic E-state index is 12.4. The summed E-state index contributed by atoms with van der Waals surface area (Å²) in [6, 6.07) is 20.5. The van der Waals surface area contributed by atoms with E-state index in [-0.39, 0.29) is 24.2 Å². The fourth-order valence-electron chi connectivity index (χ4n) is 5.84. The third-order valence-corrected chi connectivity index (χ3v) is 7.73. The molecule has 2 saturated heterocycles. The normalized spacial score (nSPS) is 20.2. The van der Waals surface area contributed by atoms with Gasteiger partial charge in [0.2, 0.25) is 5.91 Å². The average Bonchev–Trinajstić information content (AvgIpc) is 3.51. The molecule has 0 radical (unpaired) electrons. The maximum atomic E-state index is 12.4. The standard InChI is InChI=1S/C33H36N6O4/c1-5-33(40)37-26-15-27(30(41-4)16-29(26)38-18-21(2)43-22(3)19-38)36-31-17-32(35-20-34-31)39-28(12-13-42-39)25-11-10-23-8-6-7-9-24(23)14-25/h5-11,14-17,20-22,28H,1,12-13,18-19H2,2-4H3,(H,37,40)(H,34,35,36)/t21-,22-,28+/m0/s1. The van der Waals surface area contributed by atoms with Gasteiger partial charge in [-0.25, -0.2) is 15.0 Å². The number of carbonyl (C=O) groups is 1. The largest absolute Gasteiger partial charge is 0.494 e. The number of fused-ring (bicyclic) bond motifs is 1. The molecule has 2 aliphatic rings. The van der Waals surface area contributed by atoms with Crippen LogP contribution < -0.4 is 25.3 Å². The number of hydroxylamine groups is 1. The lowest BCUT2D eigenvalue weighted by Crippen LogP contribution is -2.45. The number of hydrogen-bond acceptors (Lipinski definition) is 9. The van der Waals surface area contributed by atoms with Gasteiger partial charge in [0.05, 0.1) is 49.0 Å². The first-order valence-corrected chi connectivity index (χ1v) is 14.5. The number of amides is 1. The molecular formula is C33H36N6O4. The van der Waals surface area contributed by atoms with Gasteiger partial charge in [-0.2, -0.15) is 0 Å². The number of methoxy groups -OCH3 is 1. The highest BCUT2D eigenvalue weighted by atomic mass is 16.7. The topological polar surface area (TPSA) is 101 Å². The highest BCUT2D eigenvalue weighted by Gasteiger charge is 2.30. The van der Waals surface area contributed by atoms with E-state index in [2.05, 4.69) is 68.5 Å². The molecule has 2 aliphatic heterocycles. The highest BCUT2D eigenvalue weighted by molar-refractivity contribution is 6.02. The molecule has 0 aliphatic carbocycles. The lowest BCUT2D eigenvalue weighted by molar-refractivity contribution is -0.111. The molecule has 1 aromatic heterocycles. The van der Waals surface area contributed by atoms with Crippen molar-refractivity contribution in [1.29, 1.82) is 0 Å². The third-order valence-electron chi connectivity index (χ3n) is 7.73. The fourth-order valence-corrected chi connectivity index (χ4v) is 5.84. The van der Waals surface area contributed by atoms with E-state index in [1.807, 2.05) is 43.2 Å². The molecule has 1 amide bonds. The summed E-state index contributed by atoms with van der Waals surface area (Å²) >= 11 is 0. The first-order valence-electron chi connectivity index (χ1n) is 14.5. The van der Waals surface area contributed by atoms with Gasteiger partial charge in [0.15, 0.2) is 5.82 Å². The Morgan fingerprint density at radius 3 is 2.58 bits per heavy atom. The second-order valence-corrected chi connectivity index (χ2v) is 10.9. The number of rotatable bonds is 8. The Labute approximate surface area is 251 Å². The SMILES string of the molecule is C=CC(=O)Nc1cc(Nc2cc(N3OCC[C@@H]3c3ccc4ccccc4c3)ncn2)c(OC)cc1N1C[C@H](C)O[C@@H](C)C1. The minimum Gasteiger partial charge on any atom is -0.494 e. The molecule has 3 atom stereocenters. The molecule has 0 spiro atoms. The number of nitrogens with zero attached hydrogens (tertiary/aromatic N) is 4. The van der Waals surface area contributed by atoms with Crippen LogP contribution in [-0.4, -0.2) is 54.9 Å². The van der Waals surface area contributed by atoms with E-state index in [4.69, 9.17) is 14.3 Å². The number of carbonyl (C=O) groups excluding carboxylic acids is 1. The Hall–Kier alpha value is -4.67. The number of ether oxygens (including phenoxy) is 2. The van der Waals surface area contributed by atoms with Gasteiger partial charge >= 0.3 is 0 Å². The smallest absolute Gasteiger partial charge is 0.247 e. The number of benzene rings is 3. The summed E-state index contributed by atoms with van der Waals surface area (Å²) in [4.78, 5) is 29.7. The Balaban J connectivity index is 1.30. The molecule has 10 nitrogen and oxygen atoms in total. The van der Waals surface area contributed by atoms with Crippen LogP contribution in [0.2, 0.25) is 0 Å². The summed E-state index contributed by atoms with van der Waals surface area (Å²) in [7, 11) is 1.62. The molecule has 6 rings (SSSR count). The summed E-state index contributed by atoms with van der Waals surface area (Å²) in [5, 5.41) is 10.6. The van der Waals surface area contributed by atoms with Crippen molar-refractivity contribution >= 4 is 45.4 Å². The number of hydrogen-bond donors (Lipinski definition) is 2. The second kappa shape index (κ2) is 12.3. The van der Waals surface area contributed by atoms with Gasteiger partial charge in [-0.1, -0.05) is 43.0 Å². The maximum Gasteiger partial charge on any atom is 0.247 e. The predicted octanol–water partition coefficient (Wildman–Crippen LogP) is 6.00. The van der Waals surface area contributed by atoms with E-state index in [0.717, 1.165) is 17.7 Å². The van der Waals surface area contributed by atoms with E-state index < -0.39 is 0 Å². The quantitative estimate of drug-likeness (QED) is 0.243. The second-order valence-electron chi connectivity index (χ2n) is 10.9. The van der Waals surface area contributed by atoms with Gasteiger partial charge in [0, 0.05) is 31.6 Å². The summed E-state index contributed by atoms with van der Waals surface area (Å²) in [6.07, 6.45) is 3.69. The predicted molar refractivity (Wildman–Crippen MR) is 169 cm³/mol. The number of nitrogens with one attached hydrogen (secondary N) is 2. The molecule has 222 valence electrons. The van der Waals surface area contributed by atoms with Crippen LogP contribution in [0, 0.1) is 0 Å². The third kappa shape index (κ3) is 6.11. The average molecular weight is 581 g/mol. The van der Waals surface area contributed by atoms with Crippen molar-refractivity contribution in [2.75, 3.05) is 47.4 Å². The molecule has 3 aromatic carbocycles. The lowest BCUT2D eigenvalue weighted by atomic mass is 10.0. The van der Waals surface area contributed by atoms with Gasteiger partial charge in [0.1, 0.15) is 17.9 Å². The molecular weight excluding hydrogens is 544 g/mol. The monoisotopic (exact) mass is 580 g/mol. The zero-order valence-electron chi connectivity index (χ0n) is 24.6. The molecule has 0 saturated carbocycles. The van der Waals surface area contributed by atoms with Gasteiger partial charge in [0.25, 0.3) is 0 Å². The van der Waals surface area contributed by atoms with Crippen molar-refractivity contribution in [2.45, 2.75) is 38.5 Å². The van der Waals surface area contributed by atoms with E-state index in [0.29, 0.717) is 48.5 Å². The van der Waals surface area contributed by atoms with Crippen LogP contribution in [0.3, 0.4) is 0 Å². The van der Waals surface area contributed by atoms with E-state index in [1.54, 1.807) is 7.11 Å². The fraction of sp³-hybridized carbons (Fsp3) is 0.303. The Morgan fingerprint density at radius 2 is 1.81 bits per heavy atom. The first-order chi connectivity index (χ1) is 20.9. The Kier molecular flexibility index (Phi) is 8.13. The number of aromatic nitrogens is 2. The van der Waals surface area contributed by atoms with Crippen LogP contribution >= 0.6 is 0 Å². The van der Waals surface area contributed by atoms with E-state index >= 15 is 0 Å². The van der Waals surface area contributed by atoms with Crippen LogP contribution in [0.25, 0.3) is 10.8 Å². The Morgan fingerprint density at radius 1 is 1.02 bits per heavy atom. The summed E-state index contributed by atoms with van der Waals surface area (Å²) in [6.45, 7) is 9.65. The van der Waals surface area contributed by atoms with Crippen molar-refractivity contribution in [1.82, 2.24) is 9.97 Å². The minimum absolute atomic E-state index is 0.0141. The summed E-state index contributed by atoms with van der Waals surface area (Å²) in [5.41, 5.74) is 3.27. The molecule has 0 unspecified atom stereocenters. The van der Waals surface area contributed by atoms with E-state index in [9.17, 15) is 4.79 Å². The van der Waals surface area contributed by atoms with Crippen LogP contribution in [0.1, 0.15) is 31.9 Å². The van der Waals surface area contributed by atoms with Crippen LogP contribution in [0.4, 0.5) is 28.7 Å². The first kappa shape index (κ1) is 28.4. The van der Waals surface area contributed by atoms with Crippen molar-refractivity contribution < 1.29 is 19.1 Å². The molecule has 2 fully saturated rings. The van der Waals surface area contributed by atoms with Gasteiger partial charge in [-0.15, -0.1) is 0 Å². The van der Waals surface area contributed by atoms with Gasteiger partial charge < -0.3 is 25.0 Å². The molecule has 2 N–H and O–H groups in total.